The van der Waals surface area contributed by atoms with Crippen molar-refractivity contribution in [2.24, 2.45) is 0 Å². The molecule has 0 aromatic heterocycles. The van der Waals surface area contributed by atoms with Gasteiger partial charge in [0.2, 0.25) is 0 Å². The summed E-state index contributed by atoms with van der Waals surface area (Å²) in [5.74, 6) is 6.70. The lowest BCUT2D eigenvalue weighted by molar-refractivity contribution is 0.0957. The summed E-state index contributed by atoms with van der Waals surface area (Å²) >= 11 is 0. The van der Waals surface area contributed by atoms with E-state index in [-0.39, 0.29) is 5.91 Å². The zero-order valence-electron chi connectivity index (χ0n) is 11.8. The van der Waals surface area contributed by atoms with Crippen molar-refractivity contribution >= 4 is 5.91 Å². The summed E-state index contributed by atoms with van der Waals surface area (Å²) in [6, 6.07) is 13.5. The Hall–Kier alpha value is -2.73. The van der Waals surface area contributed by atoms with Gasteiger partial charge < -0.3 is 10.1 Å². The molecular formula is C18H15NO2. The second-order valence-corrected chi connectivity index (χ2v) is 4.93. The van der Waals surface area contributed by atoms with Gasteiger partial charge in [0.25, 0.3) is 5.91 Å². The largest absolute Gasteiger partial charge is 0.491 e. The van der Waals surface area contributed by atoms with Gasteiger partial charge in [-0.05, 0) is 37.3 Å². The number of carbonyl (C=O) groups is 1. The van der Waals surface area contributed by atoms with Crippen molar-refractivity contribution in [3.05, 3.63) is 64.7 Å². The fourth-order valence-corrected chi connectivity index (χ4v) is 2.11. The van der Waals surface area contributed by atoms with Crippen LogP contribution in [0.3, 0.4) is 0 Å². The summed E-state index contributed by atoms with van der Waals surface area (Å²) < 4.78 is 5.52. The lowest BCUT2D eigenvalue weighted by Crippen LogP contribution is -2.24. The molecule has 0 bridgehead atoms. The molecule has 21 heavy (non-hydrogen) atoms. The first kappa shape index (κ1) is 13.3. The summed E-state index contributed by atoms with van der Waals surface area (Å²) in [5.41, 5.74) is 3.51. The first-order valence-electron chi connectivity index (χ1n) is 6.86. The highest BCUT2D eigenvalue weighted by molar-refractivity contribution is 5.97. The zero-order chi connectivity index (χ0) is 14.7. The number of nitrogens with one attached hydrogen (secondary N) is 1. The molecule has 2 aromatic carbocycles. The summed E-state index contributed by atoms with van der Waals surface area (Å²) in [6.45, 7) is 3.06. The van der Waals surface area contributed by atoms with E-state index >= 15 is 0 Å². The van der Waals surface area contributed by atoms with Crippen LogP contribution in [0.25, 0.3) is 0 Å². The Morgan fingerprint density at radius 3 is 2.57 bits per heavy atom. The standard InChI is InChI=1S/C18H15NO2/c1-13-2-4-14(5-3-13)6-7-15-8-9-17-16(12-15)18(20)19-10-11-21-17/h2-5,8-9,12H,10-11H2,1H3,(H,19,20). The van der Waals surface area contributed by atoms with Crippen LogP contribution < -0.4 is 10.1 Å². The molecule has 1 amide bonds. The van der Waals surface area contributed by atoms with Crippen molar-refractivity contribution in [2.45, 2.75) is 6.92 Å². The van der Waals surface area contributed by atoms with E-state index in [1.807, 2.05) is 37.3 Å². The molecule has 0 fully saturated rings. The molecule has 3 rings (SSSR count). The number of fused-ring (bicyclic) bond motifs is 1. The molecule has 0 aliphatic carbocycles. The molecule has 1 aliphatic heterocycles. The van der Waals surface area contributed by atoms with E-state index in [4.69, 9.17) is 4.74 Å². The average molecular weight is 277 g/mol. The highest BCUT2D eigenvalue weighted by Crippen LogP contribution is 2.21. The van der Waals surface area contributed by atoms with Crippen LogP contribution in [0.15, 0.2) is 42.5 Å². The highest BCUT2D eigenvalue weighted by Gasteiger charge is 2.16. The molecule has 104 valence electrons. The molecule has 0 atom stereocenters. The van der Waals surface area contributed by atoms with E-state index in [0.29, 0.717) is 24.5 Å². The van der Waals surface area contributed by atoms with Gasteiger partial charge in [-0.2, -0.15) is 0 Å². The number of carbonyl (C=O) groups excluding carboxylic acids is 1. The predicted octanol–water partition coefficient (Wildman–Crippen LogP) is 2.52. The molecule has 3 nitrogen and oxygen atoms in total. The van der Waals surface area contributed by atoms with Gasteiger partial charge in [0.05, 0.1) is 12.1 Å². The Bertz CT molecular complexity index is 736. The van der Waals surface area contributed by atoms with Crippen LogP contribution in [0.5, 0.6) is 5.75 Å². The van der Waals surface area contributed by atoms with Crippen LogP contribution in [0.2, 0.25) is 0 Å². The summed E-state index contributed by atoms with van der Waals surface area (Å²) in [6.07, 6.45) is 0. The molecule has 0 unspecified atom stereocenters. The molecule has 1 N–H and O–H groups in total. The molecular weight excluding hydrogens is 262 g/mol. The maximum Gasteiger partial charge on any atom is 0.255 e. The monoisotopic (exact) mass is 277 g/mol. The van der Waals surface area contributed by atoms with E-state index < -0.39 is 0 Å². The second kappa shape index (κ2) is 5.72. The molecule has 2 aromatic rings. The number of rotatable bonds is 0. The third-order valence-electron chi connectivity index (χ3n) is 3.27. The lowest BCUT2D eigenvalue weighted by atomic mass is 10.1. The molecule has 1 heterocycles. The van der Waals surface area contributed by atoms with Crippen molar-refractivity contribution in [2.75, 3.05) is 13.2 Å². The van der Waals surface area contributed by atoms with Crippen molar-refractivity contribution in [3.8, 4) is 17.6 Å². The van der Waals surface area contributed by atoms with E-state index in [9.17, 15) is 4.79 Å². The fourth-order valence-electron chi connectivity index (χ4n) is 2.11. The van der Waals surface area contributed by atoms with Gasteiger partial charge in [-0.25, -0.2) is 0 Å². The van der Waals surface area contributed by atoms with Gasteiger partial charge >= 0.3 is 0 Å². The number of amides is 1. The van der Waals surface area contributed by atoms with E-state index in [1.165, 1.54) is 5.56 Å². The van der Waals surface area contributed by atoms with Crippen LogP contribution in [0.1, 0.15) is 27.0 Å². The van der Waals surface area contributed by atoms with Crippen LogP contribution in [-0.4, -0.2) is 19.1 Å². The number of aryl methyl sites for hydroxylation is 1. The highest BCUT2D eigenvalue weighted by atomic mass is 16.5. The molecule has 0 radical (unpaired) electrons. The normalized spacial score (nSPS) is 13.1. The van der Waals surface area contributed by atoms with Gasteiger partial charge in [-0.1, -0.05) is 29.5 Å². The van der Waals surface area contributed by atoms with Crippen molar-refractivity contribution in [1.29, 1.82) is 0 Å². The number of ether oxygens (including phenoxy) is 1. The van der Waals surface area contributed by atoms with E-state index in [0.717, 1.165) is 11.1 Å². The maximum absolute atomic E-state index is 11.9. The van der Waals surface area contributed by atoms with Gasteiger partial charge in [0.15, 0.2) is 0 Å². The van der Waals surface area contributed by atoms with Crippen LogP contribution in [-0.2, 0) is 0 Å². The minimum absolute atomic E-state index is 0.110. The SMILES string of the molecule is Cc1ccc(C#Cc2ccc3c(c2)C(=O)NCCO3)cc1. The molecule has 0 spiro atoms. The van der Waals surface area contributed by atoms with Crippen molar-refractivity contribution in [3.63, 3.8) is 0 Å². The quantitative estimate of drug-likeness (QED) is 0.751. The number of hydrogen-bond donors (Lipinski definition) is 1. The van der Waals surface area contributed by atoms with Gasteiger partial charge in [0, 0.05) is 11.1 Å². The summed E-state index contributed by atoms with van der Waals surface area (Å²) in [5, 5.41) is 2.80. The smallest absolute Gasteiger partial charge is 0.255 e. The van der Waals surface area contributed by atoms with Gasteiger partial charge in [-0.3, -0.25) is 4.79 Å². The third kappa shape index (κ3) is 3.06. The number of benzene rings is 2. The molecule has 0 saturated carbocycles. The van der Waals surface area contributed by atoms with Crippen molar-refractivity contribution < 1.29 is 9.53 Å². The third-order valence-corrected chi connectivity index (χ3v) is 3.27. The first-order chi connectivity index (χ1) is 10.2. The molecule has 3 heteroatoms. The van der Waals surface area contributed by atoms with E-state index in [2.05, 4.69) is 17.2 Å². The van der Waals surface area contributed by atoms with E-state index in [1.54, 1.807) is 12.1 Å². The van der Waals surface area contributed by atoms with Crippen LogP contribution >= 0.6 is 0 Å². The van der Waals surface area contributed by atoms with Gasteiger partial charge in [0.1, 0.15) is 12.4 Å². The van der Waals surface area contributed by atoms with Crippen molar-refractivity contribution in [1.82, 2.24) is 5.32 Å². The predicted molar refractivity (Wildman–Crippen MR) is 81.4 cm³/mol. The first-order valence-corrected chi connectivity index (χ1v) is 6.86. The molecule has 0 saturated heterocycles. The lowest BCUT2D eigenvalue weighted by Gasteiger charge is -2.04. The van der Waals surface area contributed by atoms with Gasteiger partial charge in [-0.15, -0.1) is 0 Å². The Balaban J connectivity index is 1.91. The second-order valence-electron chi connectivity index (χ2n) is 4.93. The molecule has 1 aliphatic rings. The summed E-state index contributed by atoms with van der Waals surface area (Å²) in [7, 11) is 0. The van der Waals surface area contributed by atoms with Crippen LogP contribution in [0.4, 0.5) is 0 Å². The average Bonchev–Trinajstić information content (AvgIpc) is 2.69. The number of hydrogen-bond acceptors (Lipinski definition) is 2. The maximum atomic E-state index is 11.9. The minimum Gasteiger partial charge on any atom is -0.491 e. The van der Waals surface area contributed by atoms with Crippen LogP contribution in [0, 0.1) is 18.8 Å². The Kier molecular flexibility index (Phi) is 3.61. The topological polar surface area (TPSA) is 38.3 Å². The Morgan fingerprint density at radius 1 is 1.05 bits per heavy atom. The minimum atomic E-state index is -0.110. The summed E-state index contributed by atoms with van der Waals surface area (Å²) in [4.78, 5) is 11.9. The Morgan fingerprint density at radius 2 is 1.76 bits per heavy atom. The fraction of sp³-hybridized carbons (Fsp3) is 0.167. The Labute approximate surface area is 123 Å². The zero-order valence-corrected chi connectivity index (χ0v) is 11.8.